The molecule has 2 aliphatic heterocycles. The quantitative estimate of drug-likeness (QED) is 0.745. The first-order chi connectivity index (χ1) is 13.8. The summed E-state index contributed by atoms with van der Waals surface area (Å²) in [7, 11) is 0. The molecule has 3 aromatic heterocycles. The summed E-state index contributed by atoms with van der Waals surface area (Å²) in [6.07, 6.45) is 3.70. The van der Waals surface area contributed by atoms with Crippen LogP contribution >= 0.6 is 0 Å². The summed E-state index contributed by atoms with van der Waals surface area (Å²) in [5, 5.41) is 1.03. The van der Waals surface area contributed by atoms with Crippen molar-refractivity contribution in [1.82, 2.24) is 19.9 Å². The number of aromatic nitrogens is 4. The summed E-state index contributed by atoms with van der Waals surface area (Å²) < 4.78 is 11.1. The second kappa shape index (κ2) is 7.37. The molecule has 0 saturated carbocycles. The predicted octanol–water partition coefficient (Wildman–Crippen LogP) is 2.08. The molecule has 5 heterocycles. The second-order valence-corrected chi connectivity index (χ2v) is 7.22. The van der Waals surface area contributed by atoms with E-state index in [9.17, 15) is 0 Å². The van der Waals surface area contributed by atoms with Crippen molar-refractivity contribution in [2.24, 2.45) is 0 Å². The summed E-state index contributed by atoms with van der Waals surface area (Å²) >= 11 is 0. The molecule has 1 atom stereocenters. The number of fused-ring (bicyclic) bond motifs is 1. The zero-order chi connectivity index (χ0) is 18.9. The number of nitrogens with zero attached hydrogens (tertiary/aromatic N) is 5. The van der Waals surface area contributed by atoms with Gasteiger partial charge in [-0.05, 0) is 19.1 Å². The number of aromatic amines is 1. The van der Waals surface area contributed by atoms with Gasteiger partial charge in [0.1, 0.15) is 17.3 Å². The van der Waals surface area contributed by atoms with Gasteiger partial charge in [-0.3, -0.25) is 0 Å². The lowest BCUT2D eigenvalue weighted by molar-refractivity contribution is 0.0985. The second-order valence-electron chi connectivity index (χ2n) is 7.22. The third kappa shape index (κ3) is 3.18. The zero-order valence-corrected chi connectivity index (χ0v) is 16.0. The topological polar surface area (TPSA) is 79.4 Å². The van der Waals surface area contributed by atoms with Crippen molar-refractivity contribution in [3.05, 3.63) is 30.6 Å². The molecule has 28 heavy (non-hydrogen) atoms. The fourth-order valence-electron chi connectivity index (χ4n) is 3.87. The highest BCUT2D eigenvalue weighted by molar-refractivity contribution is 5.91. The third-order valence-corrected chi connectivity index (χ3v) is 5.40. The van der Waals surface area contributed by atoms with E-state index in [1.54, 1.807) is 6.20 Å². The van der Waals surface area contributed by atoms with Crippen molar-refractivity contribution in [1.29, 1.82) is 0 Å². The van der Waals surface area contributed by atoms with E-state index in [0.717, 1.165) is 66.9 Å². The summed E-state index contributed by atoms with van der Waals surface area (Å²) in [6, 6.07) is 6.39. The van der Waals surface area contributed by atoms with Gasteiger partial charge >= 0.3 is 0 Å². The number of ether oxygens (including phenoxy) is 2. The predicted molar refractivity (Wildman–Crippen MR) is 108 cm³/mol. The molecule has 3 aromatic rings. The van der Waals surface area contributed by atoms with E-state index in [0.29, 0.717) is 13.2 Å². The Morgan fingerprint density at radius 1 is 1.04 bits per heavy atom. The van der Waals surface area contributed by atoms with Crippen LogP contribution in [0.4, 0.5) is 11.6 Å². The van der Waals surface area contributed by atoms with Gasteiger partial charge in [-0.1, -0.05) is 0 Å². The molecule has 1 unspecified atom stereocenters. The molecule has 0 aromatic carbocycles. The van der Waals surface area contributed by atoms with Crippen LogP contribution in [-0.2, 0) is 9.47 Å². The highest BCUT2D eigenvalue weighted by Gasteiger charge is 2.24. The Kier molecular flexibility index (Phi) is 4.58. The SMILES string of the molecule is CC1COCCN1c1cc(N2CCOCC2)nc(-c2ccnc3[nH]ccc23)n1. The van der Waals surface area contributed by atoms with Crippen LogP contribution in [0.5, 0.6) is 0 Å². The van der Waals surface area contributed by atoms with Gasteiger partial charge in [0.2, 0.25) is 0 Å². The van der Waals surface area contributed by atoms with Crippen molar-refractivity contribution in [2.45, 2.75) is 13.0 Å². The van der Waals surface area contributed by atoms with E-state index in [2.05, 4.69) is 32.8 Å². The number of anilines is 2. The maximum Gasteiger partial charge on any atom is 0.164 e. The normalized spacial score (nSPS) is 20.7. The molecule has 0 spiro atoms. The van der Waals surface area contributed by atoms with Crippen molar-refractivity contribution in [3.8, 4) is 11.4 Å². The molecule has 8 nitrogen and oxygen atoms in total. The van der Waals surface area contributed by atoms with Crippen LogP contribution in [-0.4, -0.2) is 72.0 Å². The lowest BCUT2D eigenvalue weighted by atomic mass is 10.1. The van der Waals surface area contributed by atoms with Crippen molar-refractivity contribution in [2.75, 3.05) is 55.9 Å². The molecule has 146 valence electrons. The number of hydrogen-bond donors (Lipinski definition) is 1. The molecule has 0 amide bonds. The molecule has 8 heteroatoms. The maximum atomic E-state index is 5.62. The lowest BCUT2D eigenvalue weighted by Crippen LogP contribution is -2.44. The standard InChI is InChI=1S/C20H24N6O2/c1-14-13-28-11-8-26(14)18-12-17(25-6-9-27-10-7-25)23-20(24-18)16-3-5-22-19-15(16)2-4-21-19/h2-5,12,14H,6-11,13H2,1H3,(H,21,22). The van der Waals surface area contributed by atoms with Crippen LogP contribution in [0.3, 0.4) is 0 Å². The summed E-state index contributed by atoms with van der Waals surface area (Å²) in [5.74, 6) is 2.62. The highest BCUT2D eigenvalue weighted by Crippen LogP contribution is 2.30. The zero-order valence-electron chi connectivity index (χ0n) is 16.0. The third-order valence-electron chi connectivity index (χ3n) is 5.40. The average molecular weight is 380 g/mol. The average Bonchev–Trinajstić information content (AvgIpc) is 3.23. The van der Waals surface area contributed by atoms with Gasteiger partial charge in [-0.2, -0.15) is 0 Å². The Morgan fingerprint density at radius 3 is 2.71 bits per heavy atom. The Balaban J connectivity index is 1.63. The minimum atomic E-state index is 0.277. The minimum absolute atomic E-state index is 0.277. The first kappa shape index (κ1) is 17.4. The van der Waals surface area contributed by atoms with Crippen LogP contribution in [0.1, 0.15) is 6.92 Å². The summed E-state index contributed by atoms with van der Waals surface area (Å²) in [6.45, 7) is 7.55. The van der Waals surface area contributed by atoms with E-state index >= 15 is 0 Å². The lowest BCUT2D eigenvalue weighted by Gasteiger charge is -2.35. The van der Waals surface area contributed by atoms with E-state index in [-0.39, 0.29) is 6.04 Å². The molecule has 0 aliphatic carbocycles. The fraction of sp³-hybridized carbons (Fsp3) is 0.450. The highest BCUT2D eigenvalue weighted by atomic mass is 16.5. The van der Waals surface area contributed by atoms with Crippen LogP contribution < -0.4 is 9.80 Å². The minimum Gasteiger partial charge on any atom is -0.378 e. The van der Waals surface area contributed by atoms with Crippen LogP contribution in [0, 0.1) is 0 Å². The van der Waals surface area contributed by atoms with Gasteiger partial charge in [0.05, 0.1) is 32.5 Å². The number of H-pyrrole nitrogens is 1. The molecular weight excluding hydrogens is 356 g/mol. The van der Waals surface area contributed by atoms with Crippen LogP contribution in [0.25, 0.3) is 22.4 Å². The number of hydrogen-bond acceptors (Lipinski definition) is 7. The van der Waals surface area contributed by atoms with Gasteiger partial charge in [0.25, 0.3) is 0 Å². The van der Waals surface area contributed by atoms with E-state index in [4.69, 9.17) is 19.4 Å². The van der Waals surface area contributed by atoms with E-state index in [1.165, 1.54) is 0 Å². The van der Waals surface area contributed by atoms with Gasteiger partial charge in [-0.15, -0.1) is 0 Å². The molecule has 5 rings (SSSR count). The summed E-state index contributed by atoms with van der Waals surface area (Å²) in [4.78, 5) is 22.1. The van der Waals surface area contributed by atoms with Gasteiger partial charge in [-0.25, -0.2) is 15.0 Å². The Hall–Kier alpha value is -2.71. The van der Waals surface area contributed by atoms with Crippen molar-refractivity contribution in [3.63, 3.8) is 0 Å². The molecule has 2 fully saturated rings. The number of nitrogens with one attached hydrogen (secondary N) is 1. The number of morpholine rings is 2. The van der Waals surface area contributed by atoms with Crippen LogP contribution in [0.15, 0.2) is 30.6 Å². The first-order valence-electron chi connectivity index (χ1n) is 9.78. The molecule has 0 bridgehead atoms. The largest absolute Gasteiger partial charge is 0.378 e. The molecule has 0 radical (unpaired) electrons. The molecule has 1 N–H and O–H groups in total. The molecular formula is C20H24N6O2. The number of pyridine rings is 1. The maximum absolute atomic E-state index is 5.62. The number of rotatable bonds is 3. The monoisotopic (exact) mass is 380 g/mol. The van der Waals surface area contributed by atoms with Gasteiger partial charge in [0, 0.05) is 49.0 Å². The van der Waals surface area contributed by atoms with Gasteiger partial charge in [0.15, 0.2) is 5.82 Å². The van der Waals surface area contributed by atoms with Crippen molar-refractivity contribution < 1.29 is 9.47 Å². The molecule has 2 saturated heterocycles. The fourth-order valence-corrected chi connectivity index (χ4v) is 3.87. The Morgan fingerprint density at radius 2 is 1.86 bits per heavy atom. The van der Waals surface area contributed by atoms with E-state index in [1.807, 2.05) is 18.3 Å². The van der Waals surface area contributed by atoms with Gasteiger partial charge < -0.3 is 24.3 Å². The smallest absolute Gasteiger partial charge is 0.164 e. The Bertz CT molecular complexity index is 968. The Labute approximate surface area is 163 Å². The molecule has 2 aliphatic rings. The van der Waals surface area contributed by atoms with Crippen molar-refractivity contribution >= 4 is 22.7 Å². The first-order valence-corrected chi connectivity index (χ1v) is 9.78. The van der Waals surface area contributed by atoms with Crippen LogP contribution in [0.2, 0.25) is 0 Å². The summed E-state index contributed by atoms with van der Waals surface area (Å²) in [5.41, 5.74) is 1.84. The van der Waals surface area contributed by atoms with E-state index < -0.39 is 0 Å².